The van der Waals surface area contributed by atoms with Crippen LogP contribution in [-0.4, -0.2) is 18.8 Å². The van der Waals surface area contributed by atoms with Gasteiger partial charge in [-0.3, -0.25) is 0 Å². The van der Waals surface area contributed by atoms with Gasteiger partial charge < -0.3 is 15.2 Å². The van der Waals surface area contributed by atoms with Gasteiger partial charge in [0.25, 0.3) is 0 Å². The second-order valence-corrected chi connectivity index (χ2v) is 5.91. The van der Waals surface area contributed by atoms with Crippen LogP contribution in [0.1, 0.15) is 22.8 Å². The van der Waals surface area contributed by atoms with Gasteiger partial charge in [-0.2, -0.15) is 0 Å². The summed E-state index contributed by atoms with van der Waals surface area (Å²) in [5.74, 6) is 0.709. The summed E-state index contributed by atoms with van der Waals surface area (Å²) in [6.07, 6.45) is -0.627. The van der Waals surface area contributed by atoms with Crippen molar-refractivity contribution in [2.24, 2.45) is 0 Å². The fourth-order valence-electron chi connectivity index (χ4n) is 2.23. The molecule has 0 saturated heterocycles. The molecule has 0 fully saturated rings. The van der Waals surface area contributed by atoms with Gasteiger partial charge in [-0.05, 0) is 43.7 Å². The molecular weight excluding hydrogens is 330 g/mol. The van der Waals surface area contributed by atoms with Crippen LogP contribution in [0.2, 0.25) is 0 Å². The lowest BCUT2D eigenvalue weighted by atomic mass is 10.0. The summed E-state index contributed by atoms with van der Waals surface area (Å²) in [6, 6.07) is 11.8. The number of ether oxygens (including phenoxy) is 1. The normalized spacial score (nSPS) is 12.0. The van der Waals surface area contributed by atoms with Gasteiger partial charge in [0.15, 0.2) is 0 Å². The molecule has 21 heavy (non-hydrogen) atoms. The highest BCUT2D eigenvalue weighted by molar-refractivity contribution is 9.10. The molecule has 1 unspecified atom stereocenters. The Hall–Kier alpha value is -1.52. The van der Waals surface area contributed by atoms with E-state index < -0.39 is 6.10 Å². The van der Waals surface area contributed by atoms with Gasteiger partial charge in [-0.15, -0.1) is 0 Å². The molecule has 4 heteroatoms. The number of rotatable bonds is 5. The van der Waals surface area contributed by atoms with Crippen LogP contribution in [0.15, 0.2) is 40.9 Å². The van der Waals surface area contributed by atoms with E-state index in [1.165, 1.54) is 0 Å². The summed E-state index contributed by atoms with van der Waals surface area (Å²) in [4.78, 5) is 0. The van der Waals surface area contributed by atoms with Crippen molar-refractivity contribution in [1.82, 2.24) is 0 Å². The lowest BCUT2D eigenvalue weighted by Crippen LogP contribution is -2.14. The van der Waals surface area contributed by atoms with Gasteiger partial charge in [0.05, 0.1) is 13.2 Å². The summed E-state index contributed by atoms with van der Waals surface area (Å²) < 4.78 is 6.37. The summed E-state index contributed by atoms with van der Waals surface area (Å²) >= 11 is 3.51. The minimum absolute atomic E-state index is 0.428. The first-order valence-electron chi connectivity index (χ1n) is 6.84. The number of aliphatic hydroxyl groups excluding tert-OH is 1. The van der Waals surface area contributed by atoms with Crippen molar-refractivity contribution in [2.45, 2.75) is 20.0 Å². The molecule has 0 saturated carbocycles. The van der Waals surface area contributed by atoms with Crippen LogP contribution in [-0.2, 0) is 0 Å². The molecule has 2 rings (SSSR count). The van der Waals surface area contributed by atoms with Crippen LogP contribution >= 0.6 is 15.9 Å². The van der Waals surface area contributed by atoms with Crippen molar-refractivity contribution >= 4 is 21.6 Å². The SMILES string of the molecule is COc1ccc(C)cc1C(O)CNc1cccc(Br)c1C. The molecule has 0 aliphatic heterocycles. The number of anilines is 1. The molecule has 1 atom stereocenters. The first kappa shape index (κ1) is 15.9. The van der Waals surface area contributed by atoms with Gasteiger partial charge in [-0.25, -0.2) is 0 Å². The van der Waals surface area contributed by atoms with Crippen LogP contribution in [0, 0.1) is 13.8 Å². The van der Waals surface area contributed by atoms with Crippen molar-refractivity contribution in [2.75, 3.05) is 19.0 Å². The summed E-state index contributed by atoms with van der Waals surface area (Å²) in [5.41, 5.74) is 4.04. The molecule has 2 aromatic carbocycles. The topological polar surface area (TPSA) is 41.5 Å². The molecule has 2 aromatic rings. The Kier molecular flexibility index (Phi) is 5.26. The maximum Gasteiger partial charge on any atom is 0.124 e. The van der Waals surface area contributed by atoms with Crippen LogP contribution in [0.3, 0.4) is 0 Å². The number of nitrogens with one attached hydrogen (secondary N) is 1. The zero-order valence-electron chi connectivity index (χ0n) is 12.5. The second kappa shape index (κ2) is 6.96. The van der Waals surface area contributed by atoms with Gasteiger partial charge in [-0.1, -0.05) is 33.6 Å². The number of benzene rings is 2. The van der Waals surface area contributed by atoms with Gasteiger partial charge in [0.1, 0.15) is 5.75 Å². The third kappa shape index (κ3) is 3.77. The van der Waals surface area contributed by atoms with E-state index in [2.05, 4.69) is 21.2 Å². The van der Waals surface area contributed by atoms with Crippen molar-refractivity contribution in [3.8, 4) is 5.75 Å². The van der Waals surface area contributed by atoms with E-state index in [1.54, 1.807) is 7.11 Å². The van der Waals surface area contributed by atoms with Gasteiger partial charge >= 0.3 is 0 Å². The molecule has 0 amide bonds. The molecule has 2 N–H and O–H groups in total. The Balaban J connectivity index is 2.13. The molecule has 0 bridgehead atoms. The largest absolute Gasteiger partial charge is 0.496 e. The minimum atomic E-state index is -0.627. The zero-order chi connectivity index (χ0) is 15.4. The van der Waals surface area contributed by atoms with E-state index >= 15 is 0 Å². The average Bonchev–Trinajstić information content (AvgIpc) is 2.48. The zero-order valence-corrected chi connectivity index (χ0v) is 14.1. The summed E-state index contributed by atoms with van der Waals surface area (Å²) in [5, 5.41) is 13.7. The van der Waals surface area contributed by atoms with Crippen LogP contribution < -0.4 is 10.1 Å². The molecule has 0 heterocycles. The summed E-state index contributed by atoms with van der Waals surface area (Å²) in [7, 11) is 1.62. The first-order chi connectivity index (χ1) is 10.0. The Morgan fingerprint density at radius 2 is 2.00 bits per heavy atom. The molecule has 0 spiro atoms. The van der Waals surface area contributed by atoms with E-state index in [0.717, 1.165) is 26.9 Å². The van der Waals surface area contributed by atoms with Crippen LogP contribution in [0.4, 0.5) is 5.69 Å². The van der Waals surface area contributed by atoms with Crippen molar-refractivity contribution in [3.05, 3.63) is 57.6 Å². The molecule has 0 aliphatic rings. The number of hydrogen-bond acceptors (Lipinski definition) is 3. The highest BCUT2D eigenvalue weighted by Gasteiger charge is 2.14. The van der Waals surface area contributed by atoms with E-state index in [0.29, 0.717) is 12.3 Å². The van der Waals surface area contributed by atoms with E-state index in [1.807, 2.05) is 50.2 Å². The fourth-order valence-corrected chi connectivity index (χ4v) is 2.60. The van der Waals surface area contributed by atoms with Crippen molar-refractivity contribution in [3.63, 3.8) is 0 Å². The third-order valence-electron chi connectivity index (χ3n) is 3.50. The highest BCUT2D eigenvalue weighted by atomic mass is 79.9. The Bertz CT molecular complexity index is 628. The smallest absolute Gasteiger partial charge is 0.124 e. The summed E-state index contributed by atoms with van der Waals surface area (Å²) in [6.45, 7) is 4.46. The van der Waals surface area contributed by atoms with Crippen LogP contribution in [0.5, 0.6) is 5.75 Å². The predicted molar refractivity (Wildman–Crippen MR) is 90.1 cm³/mol. The highest BCUT2D eigenvalue weighted by Crippen LogP contribution is 2.28. The molecule has 3 nitrogen and oxygen atoms in total. The number of aliphatic hydroxyl groups is 1. The molecule has 0 radical (unpaired) electrons. The molecule has 112 valence electrons. The maximum atomic E-state index is 10.4. The van der Waals surface area contributed by atoms with E-state index in [4.69, 9.17) is 4.74 Å². The maximum absolute atomic E-state index is 10.4. The minimum Gasteiger partial charge on any atom is -0.496 e. The fraction of sp³-hybridized carbons (Fsp3) is 0.294. The average molecular weight is 350 g/mol. The number of hydrogen-bond donors (Lipinski definition) is 2. The molecule has 0 aliphatic carbocycles. The second-order valence-electron chi connectivity index (χ2n) is 5.05. The quantitative estimate of drug-likeness (QED) is 0.848. The Morgan fingerprint density at radius 3 is 2.71 bits per heavy atom. The Morgan fingerprint density at radius 1 is 1.24 bits per heavy atom. The van der Waals surface area contributed by atoms with Gasteiger partial charge in [0, 0.05) is 22.3 Å². The Labute approximate surface area is 134 Å². The van der Waals surface area contributed by atoms with Crippen molar-refractivity contribution in [1.29, 1.82) is 0 Å². The van der Waals surface area contributed by atoms with Crippen LogP contribution in [0.25, 0.3) is 0 Å². The van der Waals surface area contributed by atoms with E-state index in [9.17, 15) is 5.11 Å². The van der Waals surface area contributed by atoms with E-state index in [-0.39, 0.29) is 0 Å². The van der Waals surface area contributed by atoms with Gasteiger partial charge in [0.2, 0.25) is 0 Å². The lowest BCUT2D eigenvalue weighted by molar-refractivity contribution is 0.187. The first-order valence-corrected chi connectivity index (χ1v) is 7.64. The lowest BCUT2D eigenvalue weighted by Gasteiger charge is -2.18. The third-order valence-corrected chi connectivity index (χ3v) is 4.36. The monoisotopic (exact) mass is 349 g/mol. The molecular formula is C17H20BrNO2. The number of aryl methyl sites for hydroxylation is 1. The number of halogens is 1. The number of methoxy groups -OCH3 is 1. The molecule has 0 aromatic heterocycles. The predicted octanol–water partition coefficient (Wildman–Crippen LogP) is 4.22. The standard InChI is InChI=1S/C17H20BrNO2/c1-11-7-8-17(21-3)13(9-11)16(20)10-19-15-6-4-5-14(18)12(15)2/h4-9,16,19-20H,10H2,1-3H3. The van der Waals surface area contributed by atoms with Crippen molar-refractivity contribution < 1.29 is 9.84 Å².